The molecule has 2 heterocycles. The van der Waals surface area contributed by atoms with Gasteiger partial charge in [-0.05, 0) is 77.7 Å². The lowest BCUT2D eigenvalue weighted by Crippen LogP contribution is -2.15. The third-order valence-corrected chi connectivity index (χ3v) is 8.93. The molecule has 1 aromatic heterocycles. The number of rotatable bonds is 12. The van der Waals surface area contributed by atoms with Gasteiger partial charge in [0.05, 0.1) is 16.4 Å². The highest BCUT2D eigenvalue weighted by Crippen LogP contribution is 2.50. The molecule has 0 atom stereocenters. The van der Waals surface area contributed by atoms with E-state index in [-0.39, 0.29) is 5.57 Å². The van der Waals surface area contributed by atoms with Gasteiger partial charge in [0.1, 0.15) is 30.6 Å². The van der Waals surface area contributed by atoms with Crippen LogP contribution < -0.4 is 19.1 Å². The standard InChI is InChI=1S/C39H34N2O5S/c1-2-3-7-22-44-34-20-14-28(15-21-34)27-10-16-32(17-11-27)41(31-8-5-4-6-9-31)33-18-12-29(13-19-33)38-37-36(45-23-24-46-37)35(47-38)25-30(26-40)39(42)43/h4-6,8-21,25H,2-3,7,22-24H2,1H3,(H,42,43)/b30-25+. The molecule has 47 heavy (non-hydrogen) atoms. The Balaban J connectivity index is 1.28. The van der Waals surface area contributed by atoms with E-state index in [1.165, 1.54) is 30.3 Å². The zero-order valence-electron chi connectivity index (χ0n) is 26.0. The van der Waals surface area contributed by atoms with Crippen molar-refractivity contribution in [3.05, 3.63) is 114 Å². The average molecular weight is 643 g/mol. The van der Waals surface area contributed by atoms with Crippen LogP contribution in [0.1, 0.15) is 31.1 Å². The van der Waals surface area contributed by atoms with Crippen molar-refractivity contribution in [2.24, 2.45) is 0 Å². The van der Waals surface area contributed by atoms with Crippen molar-refractivity contribution < 1.29 is 24.1 Å². The Hall–Kier alpha value is -5.52. The number of nitrogens with zero attached hydrogens (tertiary/aromatic N) is 2. The van der Waals surface area contributed by atoms with Crippen LogP contribution in [0.3, 0.4) is 0 Å². The molecule has 4 aromatic carbocycles. The molecule has 0 spiro atoms. The van der Waals surface area contributed by atoms with Gasteiger partial charge in [0.2, 0.25) is 0 Å². The molecule has 5 aromatic rings. The first-order valence-electron chi connectivity index (χ1n) is 15.6. The molecule has 1 N–H and O–H groups in total. The number of aliphatic carboxylic acids is 1. The van der Waals surface area contributed by atoms with Crippen LogP contribution in [0.5, 0.6) is 17.2 Å². The van der Waals surface area contributed by atoms with Crippen LogP contribution in [-0.2, 0) is 4.79 Å². The van der Waals surface area contributed by atoms with E-state index in [0.717, 1.165) is 57.4 Å². The van der Waals surface area contributed by atoms with Crippen LogP contribution in [0.15, 0.2) is 109 Å². The van der Waals surface area contributed by atoms with E-state index in [4.69, 9.17) is 14.2 Å². The van der Waals surface area contributed by atoms with Crippen molar-refractivity contribution in [2.45, 2.75) is 26.2 Å². The van der Waals surface area contributed by atoms with Crippen LogP contribution in [-0.4, -0.2) is 30.9 Å². The molecule has 0 radical (unpaired) electrons. The predicted molar refractivity (Wildman–Crippen MR) is 187 cm³/mol. The van der Waals surface area contributed by atoms with Gasteiger partial charge in [0.25, 0.3) is 0 Å². The summed E-state index contributed by atoms with van der Waals surface area (Å²) in [5.41, 5.74) is 5.78. The Morgan fingerprint density at radius 2 is 1.40 bits per heavy atom. The highest BCUT2D eigenvalue weighted by Gasteiger charge is 2.26. The fraction of sp³-hybridized carbons (Fsp3) is 0.179. The first kappa shape index (κ1) is 31.5. The van der Waals surface area contributed by atoms with Crippen LogP contribution in [0, 0.1) is 11.3 Å². The minimum Gasteiger partial charge on any atom is -0.494 e. The van der Waals surface area contributed by atoms with Crippen LogP contribution in [0.25, 0.3) is 27.6 Å². The summed E-state index contributed by atoms with van der Waals surface area (Å²) in [6.45, 7) is 3.66. The van der Waals surface area contributed by atoms with E-state index in [0.29, 0.717) is 29.6 Å². The van der Waals surface area contributed by atoms with Gasteiger partial charge < -0.3 is 24.2 Å². The van der Waals surface area contributed by atoms with Gasteiger partial charge in [-0.25, -0.2) is 4.79 Å². The fourth-order valence-corrected chi connectivity index (χ4v) is 6.54. The maximum Gasteiger partial charge on any atom is 0.346 e. The molecule has 0 fully saturated rings. The van der Waals surface area contributed by atoms with Gasteiger partial charge in [0, 0.05) is 17.1 Å². The molecule has 6 rings (SSSR count). The summed E-state index contributed by atoms with van der Waals surface area (Å²) < 4.78 is 17.7. The summed E-state index contributed by atoms with van der Waals surface area (Å²) >= 11 is 1.34. The molecule has 0 saturated heterocycles. The number of benzene rings is 4. The van der Waals surface area contributed by atoms with E-state index in [1.54, 1.807) is 6.07 Å². The number of para-hydroxylation sites is 1. The Bertz CT molecular complexity index is 1890. The summed E-state index contributed by atoms with van der Waals surface area (Å²) in [7, 11) is 0. The summed E-state index contributed by atoms with van der Waals surface area (Å²) in [5, 5.41) is 18.7. The summed E-state index contributed by atoms with van der Waals surface area (Å²) in [6.07, 6.45) is 4.76. The number of ether oxygens (including phenoxy) is 3. The molecular formula is C39H34N2O5S. The predicted octanol–water partition coefficient (Wildman–Crippen LogP) is 9.88. The van der Waals surface area contributed by atoms with E-state index in [9.17, 15) is 15.2 Å². The topological polar surface area (TPSA) is 92.0 Å². The molecule has 0 saturated carbocycles. The second-order valence-corrected chi connectivity index (χ2v) is 12.0. The Morgan fingerprint density at radius 3 is 2.00 bits per heavy atom. The highest BCUT2D eigenvalue weighted by molar-refractivity contribution is 7.17. The van der Waals surface area contributed by atoms with E-state index in [2.05, 4.69) is 72.5 Å². The maximum atomic E-state index is 11.5. The van der Waals surface area contributed by atoms with E-state index >= 15 is 0 Å². The van der Waals surface area contributed by atoms with E-state index < -0.39 is 5.97 Å². The molecule has 0 bridgehead atoms. The van der Waals surface area contributed by atoms with Gasteiger partial charge in [0.15, 0.2) is 11.5 Å². The van der Waals surface area contributed by atoms with Crippen molar-refractivity contribution >= 4 is 40.4 Å². The van der Waals surface area contributed by atoms with Gasteiger partial charge in [-0.1, -0.05) is 74.4 Å². The molecule has 1 aliphatic heterocycles. The van der Waals surface area contributed by atoms with Crippen molar-refractivity contribution in [3.8, 4) is 44.9 Å². The largest absolute Gasteiger partial charge is 0.494 e. The SMILES string of the molecule is CCCCCOc1ccc(-c2ccc(N(c3ccccc3)c3ccc(-c4sc(/C=C(\C#N)C(=O)O)c5c4OCCO5)cc3)cc2)cc1. The Labute approximate surface area is 278 Å². The van der Waals surface area contributed by atoms with Crippen molar-refractivity contribution in [3.63, 3.8) is 0 Å². The molecular weight excluding hydrogens is 609 g/mol. The van der Waals surface area contributed by atoms with Crippen molar-refractivity contribution in [2.75, 3.05) is 24.7 Å². The Morgan fingerprint density at radius 1 is 0.830 bits per heavy atom. The van der Waals surface area contributed by atoms with E-state index in [1.807, 2.05) is 42.5 Å². The highest BCUT2D eigenvalue weighted by atomic mass is 32.1. The molecule has 0 unspecified atom stereocenters. The van der Waals surface area contributed by atoms with Crippen molar-refractivity contribution in [1.29, 1.82) is 5.26 Å². The molecule has 236 valence electrons. The number of anilines is 3. The lowest BCUT2D eigenvalue weighted by molar-refractivity contribution is -0.132. The van der Waals surface area contributed by atoms with Gasteiger partial charge in [-0.3, -0.25) is 0 Å². The quantitative estimate of drug-likeness (QED) is 0.0823. The number of hydrogen-bond acceptors (Lipinski definition) is 7. The second-order valence-electron chi connectivity index (χ2n) is 11.0. The number of carboxylic acid groups (broad SMARTS) is 1. The normalized spacial score (nSPS) is 12.3. The maximum absolute atomic E-state index is 11.5. The zero-order valence-corrected chi connectivity index (χ0v) is 26.8. The Kier molecular flexibility index (Phi) is 9.85. The summed E-state index contributed by atoms with van der Waals surface area (Å²) in [5.74, 6) is 0.637. The third kappa shape index (κ3) is 7.16. The van der Waals surface area contributed by atoms with Crippen molar-refractivity contribution in [1.82, 2.24) is 0 Å². The number of hydrogen-bond donors (Lipinski definition) is 1. The van der Waals surface area contributed by atoms with Crippen LogP contribution in [0.2, 0.25) is 0 Å². The fourth-order valence-electron chi connectivity index (χ4n) is 5.41. The minimum atomic E-state index is -1.29. The smallest absolute Gasteiger partial charge is 0.346 e. The number of unbranched alkanes of at least 4 members (excludes halogenated alkanes) is 2. The molecule has 0 aliphatic carbocycles. The second kappa shape index (κ2) is 14.7. The molecule has 1 aliphatic rings. The number of carbonyl (C=O) groups is 1. The monoisotopic (exact) mass is 642 g/mol. The first-order valence-corrected chi connectivity index (χ1v) is 16.4. The zero-order chi connectivity index (χ0) is 32.6. The first-order chi connectivity index (χ1) is 23.1. The van der Waals surface area contributed by atoms with Gasteiger partial charge >= 0.3 is 5.97 Å². The lowest BCUT2D eigenvalue weighted by atomic mass is 10.0. The summed E-state index contributed by atoms with van der Waals surface area (Å²) in [4.78, 5) is 15.1. The van der Waals surface area contributed by atoms with Crippen LogP contribution >= 0.6 is 11.3 Å². The summed E-state index contributed by atoms with van der Waals surface area (Å²) in [6, 6.07) is 36.9. The minimum absolute atomic E-state index is 0.349. The van der Waals surface area contributed by atoms with Gasteiger partial charge in [-0.2, -0.15) is 5.26 Å². The molecule has 0 amide bonds. The number of nitriles is 1. The molecule has 8 heteroatoms. The average Bonchev–Trinajstić information content (AvgIpc) is 3.49. The lowest BCUT2D eigenvalue weighted by Gasteiger charge is -2.26. The molecule has 7 nitrogen and oxygen atoms in total. The third-order valence-electron chi connectivity index (χ3n) is 7.78. The number of fused-ring (bicyclic) bond motifs is 1. The number of carboxylic acids is 1. The van der Waals surface area contributed by atoms with Crippen LogP contribution in [0.4, 0.5) is 17.1 Å². The van der Waals surface area contributed by atoms with Gasteiger partial charge in [-0.15, -0.1) is 11.3 Å². The number of thiophene rings is 1.